The molecule has 0 heterocycles. The minimum absolute atomic E-state index is 0.174. The lowest BCUT2D eigenvalue weighted by molar-refractivity contribution is -0.151. The number of hydrogen-bond donors (Lipinski definition) is 2. The maximum Gasteiger partial charge on any atom is 0.309 e. The molecule has 5 heteroatoms. The Morgan fingerprint density at radius 3 is 2.31 bits per heavy atom. The quantitative estimate of drug-likeness (QED) is 0.461. The molecule has 0 amide bonds. The fourth-order valence-electron chi connectivity index (χ4n) is 1.54. The van der Waals surface area contributed by atoms with E-state index in [1.165, 1.54) is 7.11 Å². The number of ether oxygens (including phenoxy) is 1. The molecule has 5 nitrogen and oxygen atoms in total. The molecule has 16 heavy (non-hydrogen) atoms. The number of carboxylic acids is 1. The van der Waals surface area contributed by atoms with Crippen molar-refractivity contribution in [2.75, 3.05) is 13.7 Å². The molecule has 0 aliphatic rings. The van der Waals surface area contributed by atoms with Crippen molar-refractivity contribution in [3.8, 4) is 0 Å². The molecule has 0 aromatic rings. The molecule has 0 aromatic heterocycles. The third kappa shape index (κ3) is 7.23. The van der Waals surface area contributed by atoms with E-state index < -0.39 is 17.9 Å². The number of hydrogen-bond acceptors (Lipinski definition) is 4. The lowest BCUT2D eigenvalue weighted by atomic mass is 9.97. The van der Waals surface area contributed by atoms with Crippen LogP contribution in [-0.2, 0) is 14.3 Å². The third-order valence-electron chi connectivity index (χ3n) is 2.42. The Morgan fingerprint density at radius 2 is 1.81 bits per heavy atom. The minimum atomic E-state index is -0.981. The minimum Gasteiger partial charge on any atom is -0.481 e. The average molecular weight is 232 g/mol. The smallest absolute Gasteiger partial charge is 0.309 e. The first kappa shape index (κ1) is 14.9. The fourth-order valence-corrected chi connectivity index (χ4v) is 1.54. The number of carbonyl (C=O) groups excluding carboxylic acids is 1. The second-order valence-electron chi connectivity index (χ2n) is 3.74. The summed E-state index contributed by atoms with van der Waals surface area (Å²) < 4.78 is 4.55. The van der Waals surface area contributed by atoms with Gasteiger partial charge in [-0.05, 0) is 12.8 Å². The number of aliphatic carboxylic acids is 1. The van der Waals surface area contributed by atoms with Gasteiger partial charge in [0.2, 0.25) is 0 Å². The number of unbranched alkanes of at least 4 members (excludes halogenated alkanes) is 3. The molecule has 2 N–H and O–H groups in total. The summed E-state index contributed by atoms with van der Waals surface area (Å²) in [4.78, 5) is 21.8. The van der Waals surface area contributed by atoms with Gasteiger partial charge in [0, 0.05) is 6.61 Å². The largest absolute Gasteiger partial charge is 0.481 e. The molecule has 0 spiro atoms. The number of aliphatic hydroxyl groups is 1. The van der Waals surface area contributed by atoms with Crippen molar-refractivity contribution in [3.63, 3.8) is 0 Å². The number of carboxylic acid groups (broad SMARTS) is 1. The van der Waals surface area contributed by atoms with Gasteiger partial charge < -0.3 is 14.9 Å². The summed E-state index contributed by atoms with van der Waals surface area (Å²) >= 11 is 0. The van der Waals surface area contributed by atoms with Crippen molar-refractivity contribution in [1.29, 1.82) is 0 Å². The summed E-state index contributed by atoms with van der Waals surface area (Å²) in [6.45, 7) is 0.176. The van der Waals surface area contributed by atoms with Crippen LogP contribution in [0.1, 0.15) is 38.5 Å². The lowest BCUT2D eigenvalue weighted by Gasteiger charge is -2.11. The Labute approximate surface area is 95.4 Å². The van der Waals surface area contributed by atoms with Gasteiger partial charge in [0.15, 0.2) is 0 Å². The van der Waals surface area contributed by atoms with Crippen molar-refractivity contribution in [2.45, 2.75) is 38.5 Å². The lowest BCUT2D eigenvalue weighted by Crippen LogP contribution is -2.19. The first-order valence-corrected chi connectivity index (χ1v) is 5.52. The zero-order valence-corrected chi connectivity index (χ0v) is 9.65. The fraction of sp³-hybridized carbons (Fsp3) is 0.818. The second-order valence-corrected chi connectivity index (χ2v) is 3.74. The standard InChI is InChI=1S/C11H20O5/c1-16-11(15)9(8-10(13)14)6-4-2-3-5-7-12/h9,12H,2-8H2,1H3,(H,13,14). The van der Waals surface area contributed by atoms with Crippen molar-refractivity contribution < 1.29 is 24.5 Å². The topological polar surface area (TPSA) is 83.8 Å². The van der Waals surface area contributed by atoms with E-state index in [4.69, 9.17) is 10.2 Å². The van der Waals surface area contributed by atoms with E-state index in [2.05, 4.69) is 4.74 Å². The monoisotopic (exact) mass is 232 g/mol. The van der Waals surface area contributed by atoms with Gasteiger partial charge in [0.1, 0.15) is 0 Å². The molecule has 0 aromatic carbocycles. The predicted molar refractivity (Wildman–Crippen MR) is 57.9 cm³/mol. The molecule has 0 bridgehead atoms. The van der Waals surface area contributed by atoms with E-state index in [0.29, 0.717) is 6.42 Å². The summed E-state index contributed by atoms with van der Waals surface area (Å²) in [5.74, 6) is -1.98. The summed E-state index contributed by atoms with van der Waals surface area (Å²) in [6, 6.07) is 0. The molecule has 0 fully saturated rings. The normalized spacial score (nSPS) is 12.1. The molecule has 0 aliphatic carbocycles. The second kappa shape index (κ2) is 9.15. The summed E-state index contributed by atoms with van der Waals surface area (Å²) in [7, 11) is 1.27. The van der Waals surface area contributed by atoms with E-state index in [9.17, 15) is 9.59 Å². The maximum absolute atomic E-state index is 11.2. The Bertz CT molecular complexity index is 214. The van der Waals surface area contributed by atoms with Crippen LogP contribution in [0.5, 0.6) is 0 Å². The molecule has 0 saturated heterocycles. The summed E-state index contributed by atoms with van der Waals surface area (Å²) in [5, 5.41) is 17.2. The zero-order valence-electron chi connectivity index (χ0n) is 9.65. The van der Waals surface area contributed by atoms with Crippen LogP contribution in [0.15, 0.2) is 0 Å². The highest BCUT2D eigenvalue weighted by Gasteiger charge is 2.21. The van der Waals surface area contributed by atoms with E-state index in [-0.39, 0.29) is 13.0 Å². The van der Waals surface area contributed by atoms with Gasteiger partial charge in [-0.3, -0.25) is 9.59 Å². The molecule has 1 atom stereocenters. The highest BCUT2D eigenvalue weighted by molar-refractivity contribution is 5.78. The van der Waals surface area contributed by atoms with E-state index in [0.717, 1.165) is 25.7 Å². The third-order valence-corrected chi connectivity index (χ3v) is 2.42. The Balaban J connectivity index is 3.83. The first-order chi connectivity index (χ1) is 7.61. The predicted octanol–water partition coefficient (Wildman–Crippen LogP) is 1.19. The number of methoxy groups -OCH3 is 1. The van der Waals surface area contributed by atoms with Crippen LogP contribution < -0.4 is 0 Å². The molecule has 0 rings (SSSR count). The number of carbonyl (C=O) groups is 2. The van der Waals surface area contributed by atoms with Gasteiger partial charge in [0.25, 0.3) is 0 Å². The van der Waals surface area contributed by atoms with Crippen molar-refractivity contribution >= 4 is 11.9 Å². The van der Waals surface area contributed by atoms with Crippen LogP contribution in [0, 0.1) is 5.92 Å². The summed E-state index contributed by atoms with van der Waals surface area (Å²) in [6.07, 6.45) is 3.69. The van der Waals surface area contributed by atoms with E-state index in [1.807, 2.05) is 0 Å². The van der Waals surface area contributed by atoms with Gasteiger partial charge in [-0.2, -0.15) is 0 Å². The average Bonchev–Trinajstić information content (AvgIpc) is 2.25. The van der Waals surface area contributed by atoms with Gasteiger partial charge in [0.05, 0.1) is 19.4 Å². The molecule has 0 aliphatic heterocycles. The van der Waals surface area contributed by atoms with E-state index >= 15 is 0 Å². The molecule has 0 saturated carbocycles. The summed E-state index contributed by atoms with van der Waals surface area (Å²) in [5.41, 5.74) is 0. The van der Waals surface area contributed by atoms with Gasteiger partial charge >= 0.3 is 11.9 Å². The van der Waals surface area contributed by atoms with Crippen molar-refractivity contribution in [3.05, 3.63) is 0 Å². The Morgan fingerprint density at radius 1 is 1.19 bits per heavy atom. The molecular weight excluding hydrogens is 212 g/mol. The molecule has 1 unspecified atom stereocenters. The highest BCUT2D eigenvalue weighted by atomic mass is 16.5. The van der Waals surface area contributed by atoms with Crippen LogP contribution in [0.4, 0.5) is 0 Å². The van der Waals surface area contributed by atoms with Crippen LogP contribution >= 0.6 is 0 Å². The highest BCUT2D eigenvalue weighted by Crippen LogP contribution is 2.16. The van der Waals surface area contributed by atoms with Crippen LogP contribution in [0.2, 0.25) is 0 Å². The maximum atomic E-state index is 11.2. The SMILES string of the molecule is COC(=O)C(CCCCCCO)CC(=O)O. The zero-order chi connectivity index (χ0) is 12.4. The molecule has 0 radical (unpaired) electrons. The van der Waals surface area contributed by atoms with Gasteiger partial charge in [-0.1, -0.05) is 19.3 Å². The Hall–Kier alpha value is -1.10. The molecular formula is C11H20O5. The van der Waals surface area contributed by atoms with Crippen molar-refractivity contribution in [1.82, 2.24) is 0 Å². The van der Waals surface area contributed by atoms with Crippen LogP contribution in [0.25, 0.3) is 0 Å². The van der Waals surface area contributed by atoms with Crippen LogP contribution in [-0.4, -0.2) is 35.9 Å². The Kier molecular flexibility index (Phi) is 8.52. The number of rotatable bonds is 9. The first-order valence-electron chi connectivity index (χ1n) is 5.52. The van der Waals surface area contributed by atoms with E-state index in [1.54, 1.807) is 0 Å². The number of esters is 1. The van der Waals surface area contributed by atoms with Crippen molar-refractivity contribution in [2.24, 2.45) is 5.92 Å². The number of aliphatic hydroxyl groups excluding tert-OH is 1. The van der Waals surface area contributed by atoms with Crippen LogP contribution in [0.3, 0.4) is 0 Å². The van der Waals surface area contributed by atoms with Gasteiger partial charge in [-0.25, -0.2) is 0 Å². The van der Waals surface area contributed by atoms with Gasteiger partial charge in [-0.15, -0.1) is 0 Å². The molecule has 94 valence electrons.